The molecule has 0 unspecified atom stereocenters. The molecule has 0 radical (unpaired) electrons. The van der Waals surface area contributed by atoms with Crippen LogP contribution in [-0.2, 0) is 4.79 Å². The first-order valence-corrected chi connectivity index (χ1v) is 13.7. The Hall–Kier alpha value is -3.01. The van der Waals surface area contributed by atoms with Crippen LogP contribution in [0.1, 0.15) is 89.3 Å². The van der Waals surface area contributed by atoms with Crippen LogP contribution in [-0.4, -0.2) is 52.0 Å². The Kier molecular flexibility index (Phi) is 9.49. The lowest BCUT2D eigenvalue weighted by Gasteiger charge is -2.36. The van der Waals surface area contributed by atoms with Crippen LogP contribution in [0.3, 0.4) is 0 Å². The number of ether oxygens (including phenoxy) is 1. The summed E-state index contributed by atoms with van der Waals surface area (Å²) in [5, 5.41) is 4.77. The SMILES string of the molecule is CCCCC(=O)N1CCC(N(N)c2nc(Nc3ccc(OC)c(F)c3)nc(C3CCCCCC3)n2)CC1. The Labute approximate surface area is 219 Å². The van der Waals surface area contributed by atoms with Crippen LogP contribution >= 0.6 is 0 Å². The number of nitrogens with zero attached hydrogens (tertiary/aromatic N) is 5. The molecule has 3 N–H and O–H groups in total. The number of halogens is 1. The van der Waals surface area contributed by atoms with Crippen molar-refractivity contribution in [1.82, 2.24) is 19.9 Å². The van der Waals surface area contributed by atoms with E-state index in [0.29, 0.717) is 37.1 Å². The van der Waals surface area contributed by atoms with Gasteiger partial charge in [-0.25, -0.2) is 10.2 Å². The number of carbonyl (C=O) groups is 1. The van der Waals surface area contributed by atoms with E-state index in [1.807, 2.05) is 4.90 Å². The molecule has 2 aromatic rings. The molecule has 202 valence electrons. The van der Waals surface area contributed by atoms with Crippen molar-refractivity contribution in [3.8, 4) is 5.75 Å². The number of anilines is 3. The first kappa shape index (κ1) is 27.0. The number of likely N-dealkylation sites (tertiary alicyclic amines) is 1. The second-order valence-electron chi connectivity index (χ2n) is 10.1. The smallest absolute Gasteiger partial charge is 0.245 e. The number of hydrazine groups is 1. The molecule has 9 nitrogen and oxygen atoms in total. The second kappa shape index (κ2) is 13.0. The minimum absolute atomic E-state index is 0.0193. The van der Waals surface area contributed by atoms with E-state index < -0.39 is 5.82 Å². The Bertz CT molecular complexity index is 1040. The fraction of sp³-hybridized carbons (Fsp3) is 0.630. The van der Waals surface area contributed by atoms with Gasteiger partial charge in [-0.2, -0.15) is 15.0 Å². The van der Waals surface area contributed by atoms with Gasteiger partial charge in [0.1, 0.15) is 5.82 Å². The average molecular weight is 514 g/mol. The van der Waals surface area contributed by atoms with Crippen LogP contribution in [0.4, 0.5) is 22.0 Å². The van der Waals surface area contributed by atoms with Crippen molar-refractivity contribution in [3.63, 3.8) is 0 Å². The highest BCUT2D eigenvalue weighted by molar-refractivity contribution is 5.76. The molecule has 1 aliphatic heterocycles. The quantitative estimate of drug-likeness (QED) is 0.272. The van der Waals surface area contributed by atoms with Crippen molar-refractivity contribution in [1.29, 1.82) is 0 Å². The van der Waals surface area contributed by atoms with E-state index in [0.717, 1.165) is 57.2 Å². The summed E-state index contributed by atoms with van der Waals surface area (Å²) in [6.45, 7) is 3.45. The third-order valence-electron chi connectivity index (χ3n) is 7.45. The van der Waals surface area contributed by atoms with Gasteiger partial charge in [0.2, 0.25) is 17.8 Å². The molecule has 1 aliphatic carbocycles. The van der Waals surface area contributed by atoms with Crippen molar-refractivity contribution in [2.24, 2.45) is 5.84 Å². The van der Waals surface area contributed by atoms with E-state index in [9.17, 15) is 9.18 Å². The minimum atomic E-state index is -0.466. The maximum absolute atomic E-state index is 14.3. The molecule has 1 aromatic carbocycles. The topological polar surface area (TPSA) is 110 Å². The van der Waals surface area contributed by atoms with Gasteiger partial charge in [0.25, 0.3) is 0 Å². The number of nitrogens with two attached hydrogens (primary N) is 1. The summed E-state index contributed by atoms with van der Waals surface area (Å²) in [4.78, 5) is 28.6. The van der Waals surface area contributed by atoms with Gasteiger partial charge < -0.3 is 15.0 Å². The summed E-state index contributed by atoms with van der Waals surface area (Å²) >= 11 is 0. The highest BCUT2D eigenvalue weighted by atomic mass is 19.1. The maximum atomic E-state index is 14.3. The van der Waals surface area contributed by atoms with Crippen molar-refractivity contribution in [2.45, 2.75) is 89.5 Å². The highest BCUT2D eigenvalue weighted by Crippen LogP contribution is 2.32. The van der Waals surface area contributed by atoms with E-state index in [-0.39, 0.29) is 23.6 Å². The number of rotatable bonds is 9. The lowest BCUT2D eigenvalue weighted by atomic mass is 9.99. The Morgan fingerprint density at radius 2 is 1.86 bits per heavy atom. The molecule has 1 saturated heterocycles. The minimum Gasteiger partial charge on any atom is -0.494 e. The molecule has 2 fully saturated rings. The number of piperidine rings is 1. The molecule has 10 heteroatoms. The molecule has 4 rings (SSSR count). The van der Waals surface area contributed by atoms with Gasteiger partial charge in [-0.15, -0.1) is 0 Å². The number of nitrogens with one attached hydrogen (secondary N) is 1. The number of hydrogen-bond acceptors (Lipinski definition) is 8. The molecule has 0 bridgehead atoms. The number of unbranched alkanes of at least 4 members (excludes halogenated alkanes) is 1. The average Bonchev–Trinajstić information content (AvgIpc) is 3.21. The number of benzene rings is 1. The predicted molar refractivity (Wildman–Crippen MR) is 142 cm³/mol. The van der Waals surface area contributed by atoms with Gasteiger partial charge >= 0.3 is 0 Å². The van der Waals surface area contributed by atoms with E-state index in [1.54, 1.807) is 17.1 Å². The number of methoxy groups -OCH3 is 1. The molecule has 0 spiro atoms. The highest BCUT2D eigenvalue weighted by Gasteiger charge is 2.28. The van der Waals surface area contributed by atoms with Crippen molar-refractivity contribution in [3.05, 3.63) is 29.8 Å². The van der Waals surface area contributed by atoms with Crippen LogP contribution < -0.4 is 20.9 Å². The Balaban J connectivity index is 1.53. The predicted octanol–water partition coefficient (Wildman–Crippen LogP) is 5.06. The maximum Gasteiger partial charge on any atom is 0.245 e. The van der Waals surface area contributed by atoms with Crippen LogP contribution in [0, 0.1) is 5.82 Å². The molecule has 1 aromatic heterocycles. The van der Waals surface area contributed by atoms with Gasteiger partial charge in [-0.1, -0.05) is 39.0 Å². The third-order valence-corrected chi connectivity index (χ3v) is 7.45. The van der Waals surface area contributed by atoms with Gasteiger partial charge in [-0.3, -0.25) is 9.80 Å². The summed E-state index contributed by atoms with van der Waals surface area (Å²) in [5.41, 5.74) is 0.518. The zero-order valence-electron chi connectivity index (χ0n) is 22.1. The summed E-state index contributed by atoms with van der Waals surface area (Å²) in [6.07, 6.45) is 10.9. The number of amides is 1. The number of aromatic nitrogens is 3. The van der Waals surface area contributed by atoms with Gasteiger partial charge in [0, 0.05) is 37.2 Å². The molecule has 1 amide bonds. The lowest BCUT2D eigenvalue weighted by molar-refractivity contribution is -0.132. The fourth-order valence-corrected chi connectivity index (χ4v) is 5.19. The lowest BCUT2D eigenvalue weighted by Crippen LogP contribution is -2.50. The van der Waals surface area contributed by atoms with Crippen LogP contribution in [0.5, 0.6) is 5.75 Å². The molecular formula is C27H40FN7O2. The molecule has 1 saturated carbocycles. The summed E-state index contributed by atoms with van der Waals surface area (Å²) < 4.78 is 19.3. The standard InChI is InChI=1S/C27H40FN7O2/c1-3-4-11-24(36)34-16-14-21(15-17-34)35(29)27-32-25(19-9-7-5-6-8-10-19)31-26(33-27)30-20-12-13-23(37-2)22(28)18-20/h12-13,18-19,21H,3-11,14-17,29H2,1-2H3,(H,30,31,32,33). The zero-order chi connectivity index (χ0) is 26.2. The first-order valence-electron chi connectivity index (χ1n) is 13.7. The van der Waals surface area contributed by atoms with E-state index in [4.69, 9.17) is 20.5 Å². The Morgan fingerprint density at radius 3 is 2.51 bits per heavy atom. The molecule has 37 heavy (non-hydrogen) atoms. The van der Waals surface area contributed by atoms with E-state index in [2.05, 4.69) is 17.2 Å². The summed E-state index contributed by atoms with van der Waals surface area (Å²) in [7, 11) is 1.43. The van der Waals surface area contributed by atoms with Crippen LogP contribution in [0.25, 0.3) is 0 Å². The first-order chi connectivity index (χ1) is 18.0. The molecule has 0 atom stereocenters. The molecular weight excluding hydrogens is 473 g/mol. The van der Waals surface area contributed by atoms with E-state index in [1.165, 1.54) is 26.0 Å². The third kappa shape index (κ3) is 7.06. The summed E-state index contributed by atoms with van der Waals surface area (Å²) in [6, 6.07) is 4.67. The number of hydrogen-bond donors (Lipinski definition) is 2. The molecule has 2 aliphatic rings. The van der Waals surface area contributed by atoms with Crippen LogP contribution in [0.2, 0.25) is 0 Å². The second-order valence-corrected chi connectivity index (χ2v) is 10.1. The monoisotopic (exact) mass is 513 g/mol. The van der Waals surface area contributed by atoms with Gasteiger partial charge in [-0.05, 0) is 44.2 Å². The largest absolute Gasteiger partial charge is 0.494 e. The Morgan fingerprint density at radius 1 is 1.14 bits per heavy atom. The van der Waals surface area contributed by atoms with Crippen LogP contribution in [0.15, 0.2) is 18.2 Å². The van der Waals surface area contributed by atoms with E-state index >= 15 is 0 Å². The zero-order valence-corrected chi connectivity index (χ0v) is 22.1. The van der Waals surface area contributed by atoms with Crippen molar-refractivity contribution >= 4 is 23.5 Å². The van der Waals surface area contributed by atoms with Crippen molar-refractivity contribution in [2.75, 3.05) is 30.5 Å². The van der Waals surface area contributed by atoms with Gasteiger partial charge in [0.15, 0.2) is 11.6 Å². The summed E-state index contributed by atoms with van der Waals surface area (Å²) in [5.74, 6) is 8.24. The van der Waals surface area contributed by atoms with Gasteiger partial charge in [0.05, 0.1) is 13.2 Å². The number of carbonyl (C=O) groups excluding carboxylic acids is 1. The molecule has 2 heterocycles. The van der Waals surface area contributed by atoms with Crippen molar-refractivity contribution < 1.29 is 13.9 Å². The normalized spacial score (nSPS) is 17.4. The fourth-order valence-electron chi connectivity index (χ4n) is 5.19.